The molecule has 0 N–H and O–H groups in total. The molecule has 0 aliphatic carbocycles. The van der Waals surface area contributed by atoms with E-state index in [4.69, 9.17) is 21.6 Å². The van der Waals surface area contributed by atoms with Crippen molar-refractivity contribution in [3.63, 3.8) is 0 Å². The second kappa shape index (κ2) is 4.97. The van der Waals surface area contributed by atoms with Gasteiger partial charge in [-0.25, -0.2) is 0 Å². The maximum Gasteiger partial charge on any atom is 0.247 e. The monoisotopic (exact) mass is 264 g/mol. The Morgan fingerprint density at radius 1 is 1.50 bits per heavy atom. The van der Waals surface area contributed by atoms with E-state index in [2.05, 4.69) is 6.07 Å². The summed E-state index contributed by atoms with van der Waals surface area (Å²) in [5, 5.41) is 9.72. The summed E-state index contributed by atoms with van der Waals surface area (Å²) in [5.41, 5.74) is -0.00941. The van der Waals surface area contributed by atoms with Crippen molar-refractivity contribution in [1.29, 1.82) is 5.26 Å². The number of hydrogen-bond donors (Lipinski definition) is 0. The number of rotatable bonds is 3. The van der Waals surface area contributed by atoms with Crippen LogP contribution in [0.3, 0.4) is 0 Å². The highest BCUT2D eigenvalue weighted by molar-refractivity contribution is 6.30. The van der Waals surface area contributed by atoms with Crippen LogP contribution in [-0.4, -0.2) is 31.1 Å². The maximum absolute atomic E-state index is 12.1. The van der Waals surface area contributed by atoms with E-state index in [1.54, 1.807) is 24.1 Å². The summed E-state index contributed by atoms with van der Waals surface area (Å²) >= 11 is 5.80. The van der Waals surface area contributed by atoms with Crippen LogP contribution in [0.1, 0.15) is 5.56 Å². The zero-order valence-corrected chi connectivity index (χ0v) is 10.8. The third-order valence-corrected chi connectivity index (χ3v) is 3.25. The molecule has 0 saturated carbocycles. The van der Waals surface area contributed by atoms with Gasteiger partial charge in [-0.3, -0.25) is 4.79 Å². The lowest BCUT2D eigenvalue weighted by atomic mass is 9.86. The normalized spacial score (nSPS) is 16.5. The molecule has 4 nitrogen and oxygen atoms in total. The Morgan fingerprint density at radius 2 is 2.11 bits per heavy atom. The van der Waals surface area contributed by atoms with Gasteiger partial charge in [-0.15, -0.1) is 0 Å². The Morgan fingerprint density at radius 3 is 2.56 bits per heavy atom. The average Bonchev–Trinajstić information content (AvgIpc) is 2.31. The van der Waals surface area contributed by atoms with Crippen LogP contribution in [-0.2, 0) is 16.1 Å². The summed E-state index contributed by atoms with van der Waals surface area (Å²) < 4.78 is 4.98. The summed E-state index contributed by atoms with van der Waals surface area (Å²) in [6.45, 7) is 0.833. The molecule has 1 aromatic carbocycles. The van der Waals surface area contributed by atoms with E-state index in [-0.39, 0.29) is 19.1 Å². The lowest BCUT2D eigenvalue weighted by molar-refractivity contribution is -0.160. The number of halogens is 1. The molecule has 1 aromatic rings. The number of benzene rings is 1. The molecular weight excluding hydrogens is 252 g/mol. The first-order valence-electron chi connectivity index (χ1n) is 5.56. The zero-order valence-electron chi connectivity index (χ0n) is 10.0. The minimum Gasteiger partial charge on any atom is -0.377 e. The number of nitriles is 1. The standard InChI is InChI=1S/C13H13ClN2O2/c1-16(6-10-2-4-11(14)5-3-10)12(17)13(7-15)8-18-9-13/h2-5H,6,8-9H2,1H3. The number of ether oxygens (including phenoxy) is 1. The Bertz CT molecular complexity index is 489. The molecule has 1 aliphatic heterocycles. The van der Waals surface area contributed by atoms with Crippen LogP contribution in [0.5, 0.6) is 0 Å². The van der Waals surface area contributed by atoms with Crippen LogP contribution in [0, 0.1) is 16.7 Å². The summed E-state index contributed by atoms with van der Waals surface area (Å²) in [6.07, 6.45) is 0. The Hall–Kier alpha value is -1.57. The molecule has 18 heavy (non-hydrogen) atoms. The lowest BCUT2D eigenvalue weighted by Crippen LogP contribution is -2.53. The van der Waals surface area contributed by atoms with Gasteiger partial charge in [0.2, 0.25) is 5.91 Å². The minimum absolute atomic E-state index is 0.188. The first kappa shape index (κ1) is 12.9. The summed E-state index contributed by atoms with van der Waals surface area (Å²) in [4.78, 5) is 13.7. The Labute approximate surface area is 111 Å². The summed E-state index contributed by atoms with van der Waals surface area (Å²) in [7, 11) is 1.69. The highest BCUT2D eigenvalue weighted by Crippen LogP contribution is 2.29. The van der Waals surface area contributed by atoms with Gasteiger partial charge >= 0.3 is 0 Å². The van der Waals surface area contributed by atoms with Crippen molar-refractivity contribution in [1.82, 2.24) is 4.90 Å². The van der Waals surface area contributed by atoms with E-state index < -0.39 is 5.41 Å². The second-order valence-electron chi connectivity index (χ2n) is 4.47. The van der Waals surface area contributed by atoms with Gasteiger partial charge < -0.3 is 9.64 Å². The molecule has 1 heterocycles. The Kier molecular flexibility index (Phi) is 3.55. The Balaban J connectivity index is 2.04. The fourth-order valence-electron chi connectivity index (χ4n) is 1.84. The molecule has 5 heteroatoms. The first-order chi connectivity index (χ1) is 8.57. The van der Waals surface area contributed by atoms with Crippen molar-refractivity contribution >= 4 is 17.5 Å². The summed E-state index contributed by atoms with van der Waals surface area (Å²) in [5.74, 6) is -0.189. The highest BCUT2D eigenvalue weighted by atomic mass is 35.5. The number of hydrogen-bond acceptors (Lipinski definition) is 3. The molecule has 0 bridgehead atoms. The van der Waals surface area contributed by atoms with Crippen LogP contribution >= 0.6 is 11.6 Å². The van der Waals surface area contributed by atoms with Crippen molar-refractivity contribution in [2.24, 2.45) is 5.41 Å². The number of carbonyl (C=O) groups excluding carboxylic acids is 1. The molecule has 0 spiro atoms. The minimum atomic E-state index is -0.985. The van der Waals surface area contributed by atoms with Gasteiger partial charge in [0, 0.05) is 18.6 Å². The molecule has 1 fully saturated rings. The fraction of sp³-hybridized carbons (Fsp3) is 0.385. The summed E-state index contributed by atoms with van der Waals surface area (Å²) in [6, 6.07) is 9.34. The van der Waals surface area contributed by atoms with Crippen molar-refractivity contribution in [2.75, 3.05) is 20.3 Å². The third kappa shape index (κ3) is 2.33. The van der Waals surface area contributed by atoms with Gasteiger partial charge in [-0.2, -0.15) is 5.26 Å². The van der Waals surface area contributed by atoms with Gasteiger partial charge in [0.15, 0.2) is 5.41 Å². The quantitative estimate of drug-likeness (QED) is 0.837. The van der Waals surface area contributed by atoms with E-state index in [9.17, 15) is 4.79 Å². The van der Waals surface area contributed by atoms with Gasteiger partial charge in [-0.1, -0.05) is 23.7 Å². The number of amides is 1. The van der Waals surface area contributed by atoms with E-state index in [0.717, 1.165) is 5.56 Å². The fourth-order valence-corrected chi connectivity index (χ4v) is 1.97. The van der Waals surface area contributed by atoms with E-state index >= 15 is 0 Å². The average molecular weight is 265 g/mol. The van der Waals surface area contributed by atoms with Crippen LogP contribution < -0.4 is 0 Å². The van der Waals surface area contributed by atoms with Crippen LogP contribution in [0.4, 0.5) is 0 Å². The predicted octanol–water partition coefficient (Wildman–Crippen LogP) is 1.84. The molecule has 94 valence electrons. The van der Waals surface area contributed by atoms with Crippen molar-refractivity contribution < 1.29 is 9.53 Å². The van der Waals surface area contributed by atoms with Crippen LogP contribution in [0.2, 0.25) is 5.02 Å². The van der Waals surface area contributed by atoms with E-state index in [1.165, 1.54) is 0 Å². The molecule has 1 saturated heterocycles. The maximum atomic E-state index is 12.1. The predicted molar refractivity (Wildman–Crippen MR) is 66.8 cm³/mol. The molecule has 0 atom stereocenters. The van der Waals surface area contributed by atoms with Crippen molar-refractivity contribution in [2.45, 2.75) is 6.54 Å². The van der Waals surface area contributed by atoms with Crippen molar-refractivity contribution in [3.05, 3.63) is 34.9 Å². The molecule has 0 radical (unpaired) electrons. The van der Waals surface area contributed by atoms with Crippen LogP contribution in [0.15, 0.2) is 24.3 Å². The van der Waals surface area contributed by atoms with Gasteiger partial charge in [-0.05, 0) is 17.7 Å². The second-order valence-corrected chi connectivity index (χ2v) is 4.91. The van der Waals surface area contributed by atoms with Gasteiger partial charge in [0.1, 0.15) is 0 Å². The smallest absolute Gasteiger partial charge is 0.247 e. The number of nitrogens with zero attached hydrogens (tertiary/aromatic N) is 2. The zero-order chi connectivity index (χ0) is 13.2. The molecule has 1 amide bonds. The molecule has 2 rings (SSSR count). The van der Waals surface area contributed by atoms with Crippen molar-refractivity contribution in [3.8, 4) is 6.07 Å². The topological polar surface area (TPSA) is 53.3 Å². The lowest BCUT2D eigenvalue weighted by Gasteiger charge is -2.36. The third-order valence-electron chi connectivity index (χ3n) is 3.00. The highest BCUT2D eigenvalue weighted by Gasteiger charge is 2.48. The molecule has 0 aromatic heterocycles. The van der Waals surface area contributed by atoms with E-state index in [1.807, 2.05) is 12.1 Å². The van der Waals surface area contributed by atoms with Crippen LogP contribution in [0.25, 0.3) is 0 Å². The number of carbonyl (C=O) groups is 1. The molecular formula is C13H13ClN2O2. The first-order valence-corrected chi connectivity index (χ1v) is 5.94. The SMILES string of the molecule is CN(Cc1ccc(Cl)cc1)C(=O)C1(C#N)COC1. The van der Waals surface area contributed by atoms with Gasteiger partial charge in [0.05, 0.1) is 19.3 Å². The molecule has 1 aliphatic rings. The largest absolute Gasteiger partial charge is 0.377 e. The molecule has 0 unspecified atom stereocenters. The van der Waals surface area contributed by atoms with E-state index in [0.29, 0.717) is 11.6 Å². The van der Waals surface area contributed by atoms with Gasteiger partial charge in [0.25, 0.3) is 0 Å².